The molecule has 0 spiro atoms. The van der Waals surface area contributed by atoms with Gasteiger partial charge in [-0.25, -0.2) is 0 Å². The Morgan fingerprint density at radius 1 is 1.00 bits per heavy atom. The van der Waals surface area contributed by atoms with E-state index in [1.807, 2.05) is 13.8 Å². The SMILES string of the molecule is C1=CCCC=C1.C=CC(=O)[C@@H](CC)CCCC.CC.CCC.CCC.[HH]. The third-order valence-electron chi connectivity index (χ3n) is 2.89. The molecular formula is C24H50O. The summed E-state index contributed by atoms with van der Waals surface area (Å²) in [5.74, 6) is 0.438. The number of unbranched alkanes of at least 4 members (excludes halogenated alkanes) is 1. The van der Waals surface area contributed by atoms with Crippen molar-refractivity contribution in [1.82, 2.24) is 0 Å². The number of hydrogen-bond donors (Lipinski definition) is 0. The highest BCUT2D eigenvalue weighted by atomic mass is 16.1. The van der Waals surface area contributed by atoms with E-state index in [2.05, 4.69) is 72.4 Å². The highest BCUT2D eigenvalue weighted by Crippen LogP contribution is 2.13. The summed E-state index contributed by atoms with van der Waals surface area (Å²) in [6.45, 7) is 20.2. The number of carbonyl (C=O) groups is 1. The van der Waals surface area contributed by atoms with Crippen molar-refractivity contribution in [2.24, 2.45) is 5.92 Å². The van der Waals surface area contributed by atoms with Crippen LogP contribution in [0.25, 0.3) is 0 Å². The molecule has 0 aromatic carbocycles. The first-order valence-corrected chi connectivity index (χ1v) is 10.6. The van der Waals surface area contributed by atoms with Crippen LogP contribution in [0.5, 0.6) is 0 Å². The highest BCUT2D eigenvalue weighted by Gasteiger charge is 2.11. The van der Waals surface area contributed by atoms with E-state index in [1.54, 1.807) is 0 Å². The van der Waals surface area contributed by atoms with Crippen LogP contribution in [0, 0.1) is 5.92 Å². The van der Waals surface area contributed by atoms with Crippen LogP contribution in [0.3, 0.4) is 0 Å². The summed E-state index contributed by atoms with van der Waals surface area (Å²) in [4.78, 5) is 11.1. The zero-order valence-corrected chi connectivity index (χ0v) is 18.7. The van der Waals surface area contributed by atoms with Crippen molar-refractivity contribution in [3.05, 3.63) is 37.0 Å². The van der Waals surface area contributed by atoms with Gasteiger partial charge in [-0.15, -0.1) is 0 Å². The van der Waals surface area contributed by atoms with Crippen LogP contribution in [0.1, 0.15) is 108 Å². The van der Waals surface area contributed by atoms with E-state index >= 15 is 0 Å². The Morgan fingerprint density at radius 3 is 1.60 bits per heavy atom. The number of rotatable bonds is 6. The molecule has 1 aliphatic rings. The van der Waals surface area contributed by atoms with Crippen LogP contribution in [-0.4, -0.2) is 5.78 Å². The molecule has 0 N–H and O–H groups in total. The predicted octanol–water partition coefficient (Wildman–Crippen LogP) is 8.96. The van der Waals surface area contributed by atoms with Crippen LogP contribution in [0.15, 0.2) is 37.0 Å². The molecule has 0 fully saturated rings. The van der Waals surface area contributed by atoms with Crippen LogP contribution >= 0.6 is 0 Å². The maximum atomic E-state index is 11.1. The second-order valence-corrected chi connectivity index (χ2v) is 5.70. The van der Waals surface area contributed by atoms with Gasteiger partial charge in [-0.05, 0) is 31.8 Å². The van der Waals surface area contributed by atoms with Crippen molar-refractivity contribution in [2.45, 2.75) is 107 Å². The fourth-order valence-electron chi connectivity index (χ4n) is 1.71. The summed E-state index contributed by atoms with van der Waals surface area (Å²) < 4.78 is 0. The van der Waals surface area contributed by atoms with E-state index in [-0.39, 0.29) is 13.1 Å². The molecule has 0 aliphatic heterocycles. The molecule has 1 nitrogen and oxygen atoms in total. The number of allylic oxidation sites excluding steroid dienone is 5. The Kier molecular flexibility index (Phi) is 43.4. The first-order valence-electron chi connectivity index (χ1n) is 10.6. The Labute approximate surface area is 162 Å². The van der Waals surface area contributed by atoms with Crippen LogP contribution in [0.2, 0.25) is 0 Å². The molecule has 0 radical (unpaired) electrons. The summed E-state index contributed by atoms with van der Waals surface area (Å²) in [6, 6.07) is 0. The lowest BCUT2D eigenvalue weighted by Crippen LogP contribution is -2.10. The summed E-state index contributed by atoms with van der Waals surface area (Å²) in [5, 5.41) is 0. The Bertz CT molecular complexity index is 279. The molecule has 0 aromatic heterocycles. The fourth-order valence-corrected chi connectivity index (χ4v) is 1.71. The monoisotopic (exact) mass is 354 g/mol. The minimum Gasteiger partial charge on any atom is -0.295 e. The predicted molar refractivity (Wildman–Crippen MR) is 121 cm³/mol. The van der Waals surface area contributed by atoms with E-state index in [4.69, 9.17) is 0 Å². The summed E-state index contributed by atoms with van der Waals surface area (Å²) in [7, 11) is 0. The molecule has 1 heteroatoms. The molecule has 0 saturated heterocycles. The molecule has 0 aromatic rings. The third-order valence-corrected chi connectivity index (χ3v) is 2.89. The van der Waals surface area contributed by atoms with Crippen LogP contribution in [-0.2, 0) is 4.79 Å². The Hall–Kier alpha value is -1.11. The minimum absolute atomic E-state index is 0. The normalized spacial score (nSPS) is 11.7. The van der Waals surface area contributed by atoms with Gasteiger partial charge in [0.15, 0.2) is 5.78 Å². The van der Waals surface area contributed by atoms with Crippen LogP contribution < -0.4 is 0 Å². The topological polar surface area (TPSA) is 17.1 Å². The van der Waals surface area contributed by atoms with Gasteiger partial charge in [0.25, 0.3) is 0 Å². The van der Waals surface area contributed by atoms with E-state index < -0.39 is 0 Å². The summed E-state index contributed by atoms with van der Waals surface area (Å²) in [6.07, 6.45) is 19.2. The maximum absolute atomic E-state index is 11.1. The zero-order valence-electron chi connectivity index (χ0n) is 18.7. The number of ketones is 1. The molecule has 152 valence electrons. The summed E-state index contributed by atoms with van der Waals surface area (Å²) >= 11 is 0. The highest BCUT2D eigenvalue weighted by molar-refractivity contribution is 5.91. The van der Waals surface area contributed by atoms with E-state index in [0.29, 0.717) is 0 Å². The van der Waals surface area contributed by atoms with E-state index in [9.17, 15) is 4.79 Å². The molecule has 0 saturated carbocycles. The van der Waals surface area contributed by atoms with E-state index in [0.717, 1.165) is 19.3 Å². The van der Waals surface area contributed by atoms with Crippen molar-refractivity contribution < 1.29 is 6.22 Å². The molecule has 1 rings (SSSR count). The Balaban J connectivity index is -0.0000000828. The van der Waals surface area contributed by atoms with Gasteiger partial charge in [0.05, 0.1) is 0 Å². The number of hydrogen-bond acceptors (Lipinski definition) is 1. The van der Waals surface area contributed by atoms with E-state index in [1.165, 1.54) is 38.2 Å². The van der Waals surface area contributed by atoms with Crippen molar-refractivity contribution >= 4 is 5.78 Å². The van der Waals surface area contributed by atoms with Crippen LogP contribution in [0.4, 0.5) is 0 Å². The molecule has 0 amide bonds. The van der Waals surface area contributed by atoms with Crippen molar-refractivity contribution in [1.29, 1.82) is 0 Å². The zero-order chi connectivity index (χ0) is 20.3. The lowest BCUT2D eigenvalue weighted by Gasteiger charge is -2.09. The van der Waals surface area contributed by atoms with Gasteiger partial charge in [0.1, 0.15) is 0 Å². The average molecular weight is 355 g/mol. The molecule has 0 heterocycles. The van der Waals surface area contributed by atoms with Gasteiger partial charge < -0.3 is 0 Å². The molecule has 0 bridgehead atoms. The van der Waals surface area contributed by atoms with Gasteiger partial charge in [-0.2, -0.15) is 0 Å². The largest absolute Gasteiger partial charge is 0.295 e. The lowest BCUT2D eigenvalue weighted by molar-refractivity contribution is -0.118. The molecule has 25 heavy (non-hydrogen) atoms. The molecule has 1 aliphatic carbocycles. The third kappa shape index (κ3) is 35.0. The van der Waals surface area contributed by atoms with Crippen molar-refractivity contribution in [3.8, 4) is 0 Å². The second kappa shape index (κ2) is 34.3. The fraction of sp³-hybridized carbons (Fsp3) is 0.708. The van der Waals surface area contributed by atoms with Crippen molar-refractivity contribution in [2.75, 3.05) is 0 Å². The van der Waals surface area contributed by atoms with Gasteiger partial charge in [-0.1, -0.05) is 112 Å². The maximum Gasteiger partial charge on any atom is 0.158 e. The number of carbonyl (C=O) groups excluding carboxylic acids is 1. The van der Waals surface area contributed by atoms with Gasteiger partial charge in [-0.3, -0.25) is 4.79 Å². The molecular weight excluding hydrogens is 304 g/mol. The smallest absolute Gasteiger partial charge is 0.158 e. The molecule has 0 unspecified atom stereocenters. The standard InChI is InChI=1S/C10H18O.C6H8.2C3H8.C2H6.H2/c1-4-7-8-9(5-2)10(11)6-3;1-2-4-6-5-3-1;2*1-3-2;1-2;/h6,9H,3-5,7-8H2,1-2H3;1-4H,5-6H2;2*3H2,1-2H3;1-2H3;1H/t9-;;;;;/m0...../s1. The van der Waals surface area contributed by atoms with Gasteiger partial charge >= 0.3 is 0 Å². The van der Waals surface area contributed by atoms with Gasteiger partial charge in [0, 0.05) is 7.34 Å². The first kappa shape index (κ1) is 31.6. The van der Waals surface area contributed by atoms with Gasteiger partial charge in [0.2, 0.25) is 0 Å². The Morgan fingerprint density at radius 2 is 1.40 bits per heavy atom. The quantitative estimate of drug-likeness (QED) is 0.435. The van der Waals surface area contributed by atoms with Crippen molar-refractivity contribution in [3.63, 3.8) is 0 Å². The summed E-state index contributed by atoms with van der Waals surface area (Å²) in [5.41, 5.74) is 0. The second-order valence-electron chi connectivity index (χ2n) is 5.70. The molecule has 1 atom stereocenters. The average Bonchev–Trinajstić information content (AvgIpc) is 2.67. The minimum atomic E-state index is 0. The lowest BCUT2D eigenvalue weighted by atomic mass is 9.95. The first-order chi connectivity index (χ1) is 12.1.